The molecule has 0 radical (unpaired) electrons. The number of hydrogen-bond donors (Lipinski definition) is 3. The number of aliphatic hydroxyl groups excluding tert-OH is 1. The molecule has 2 heterocycles. The minimum absolute atomic E-state index is 0.0845. The molecule has 40 heavy (non-hydrogen) atoms. The number of anilines is 1. The van der Waals surface area contributed by atoms with Gasteiger partial charge in [0.2, 0.25) is 0 Å². The Labute approximate surface area is 233 Å². The maximum absolute atomic E-state index is 13.0. The van der Waals surface area contributed by atoms with E-state index in [-0.39, 0.29) is 28.4 Å². The lowest BCUT2D eigenvalue weighted by molar-refractivity contribution is -0.113. The second-order valence-corrected chi connectivity index (χ2v) is 13.0. The van der Waals surface area contributed by atoms with E-state index >= 15 is 0 Å². The third-order valence-electron chi connectivity index (χ3n) is 10.7. The van der Waals surface area contributed by atoms with E-state index in [0.717, 1.165) is 38.3 Å². The number of aromatic carboxylic acids is 1. The zero-order valence-corrected chi connectivity index (χ0v) is 22.8. The Bertz CT molecular complexity index is 1490. The van der Waals surface area contributed by atoms with Crippen molar-refractivity contribution in [1.29, 1.82) is 0 Å². The largest absolute Gasteiger partial charge is 0.484 e. The van der Waals surface area contributed by atoms with Crippen molar-refractivity contribution in [3.8, 4) is 11.5 Å². The zero-order valence-electron chi connectivity index (χ0n) is 22.8. The van der Waals surface area contributed by atoms with Crippen LogP contribution in [0, 0.1) is 17.3 Å². The van der Waals surface area contributed by atoms with Crippen molar-refractivity contribution in [2.45, 2.75) is 69.6 Å². The van der Waals surface area contributed by atoms with Crippen molar-refractivity contribution < 1.29 is 29.3 Å². The van der Waals surface area contributed by atoms with E-state index in [1.54, 1.807) is 12.1 Å². The van der Waals surface area contributed by atoms with Gasteiger partial charge in [-0.2, -0.15) is 0 Å². The summed E-state index contributed by atoms with van der Waals surface area (Å²) in [7, 11) is 0. The summed E-state index contributed by atoms with van der Waals surface area (Å²) in [4.78, 5) is 26.8. The predicted octanol–water partition coefficient (Wildman–Crippen LogP) is 4.75. The number of carboxylic acids is 1. The van der Waals surface area contributed by atoms with Gasteiger partial charge in [-0.15, -0.1) is 0 Å². The van der Waals surface area contributed by atoms with Crippen LogP contribution in [0.3, 0.4) is 0 Å². The highest BCUT2D eigenvalue weighted by atomic mass is 16.6. The number of piperidine rings is 1. The van der Waals surface area contributed by atoms with Crippen molar-refractivity contribution in [2.75, 3.05) is 18.4 Å². The predicted molar refractivity (Wildman–Crippen MR) is 147 cm³/mol. The van der Waals surface area contributed by atoms with E-state index in [2.05, 4.69) is 23.2 Å². The smallest absolute Gasteiger partial charge is 0.417 e. The van der Waals surface area contributed by atoms with E-state index in [0.29, 0.717) is 23.2 Å². The van der Waals surface area contributed by atoms with Crippen LogP contribution in [0.5, 0.6) is 11.5 Å². The van der Waals surface area contributed by atoms with Gasteiger partial charge in [-0.05, 0) is 86.4 Å². The number of nitrogens with zero attached hydrogens (tertiary/aromatic N) is 1. The summed E-state index contributed by atoms with van der Waals surface area (Å²) < 4.78 is 12.8. The highest BCUT2D eigenvalue weighted by molar-refractivity contribution is 5.90. The van der Waals surface area contributed by atoms with Crippen LogP contribution >= 0.6 is 0 Å². The minimum atomic E-state index is -1.02. The second kappa shape index (κ2) is 8.10. The maximum Gasteiger partial charge on any atom is 0.417 e. The Morgan fingerprint density at radius 1 is 1.20 bits per heavy atom. The topological polar surface area (TPSA) is 108 Å². The maximum atomic E-state index is 13.0. The highest BCUT2D eigenvalue weighted by Crippen LogP contribution is 2.74. The summed E-state index contributed by atoms with van der Waals surface area (Å²) in [6, 6.07) is 10.3. The number of carboxylic acid groups (broad SMARTS) is 1. The van der Waals surface area contributed by atoms with Crippen LogP contribution in [0.15, 0.2) is 47.5 Å². The van der Waals surface area contributed by atoms with Crippen LogP contribution in [0.2, 0.25) is 0 Å². The van der Waals surface area contributed by atoms with E-state index in [1.165, 1.54) is 47.2 Å². The average Bonchev–Trinajstić information content (AvgIpc) is 3.64. The molecule has 0 aromatic heterocycles. The first-order valence-corrected chi connectivity index (χ1v) is 14.5. The van der Waals surface area contributed by atoms with Crippen molar-refractivity contribution >= 4 is 17.7 Å². The molecular formula is C32H34N2O6. The van der Waals surface area contributed by atoms with Crippen LogP contribution < -0.4 is 14.8 Å². The summed E-state index contributed by atoms with van der Waals surface area (Å²) in [6.45, 7) is 6.36. The fraction of sp³-hybridized carbons (Fsp3) is 0.500. The third-order valence-corrected chi connectivity index (χ3v) is 10.7. The normalized spacial score (nSPS) is 33.4. The Kier molecular flexibility index (Phi) is 4.95. The molecule has 5 aliphatic carbocycles. The molecule has 2 aliphatic heterocycles. The first-order chi connectivity index (χ1) is 19.2. The average molecular weight is 543 g/mol. The number of benzene rings is 2. The van der Waals surface area contributed by atoms with Gasteiger partial charge in [-0.25, -0.2) is 9.59 Å². The molecule has 8 nitrogen and oxygen atoms in total. The minimum Gasteiger partial charge on any atom is -0.484 e. The number of carbonyl (C=O) groups is 2. The van der Waals surface area contributed by atoms with Gasteiger partial charge in [0, 0.05) is 41.7 Å². The van der Waals surface area contributed by atoms with Crippen LogP contribution in [-0.2, 0) is 11.8 Å². The molecule has 1 saturated heterocycles. The van der Waals surface area contributed by atoms with Gasteiger partial charge < -0.3 is 19.7 Å². The molecule has 208 valence electrons. The van der Waals surface area contributed by atoms with E-state index in [1.807, 2.05) is 13.0 Å². The fourth-order valence-electron chi connectivity index (χ4n) is 9.12. The summed E-state index contributed by atoms with van der Waals surface area (Å²) in [5, 5.41) is 22.8. The number of aliphatic hydroxyl groups is 1. The summed E-state index contributed by atoms with van der Waals surface area (Å²) in [5.41, 5.74) is 5.58. The lowest BCUT2D eigenvalue weighted by atomic mass is 9.38. The van der Waals surface area contributed by atoms with Gasteiger partial charge >= 0.3 is 12.1 Å². The van der Waals surface area contributed by atoms with E-state index in [9.17, 15) is 14.7 Å². The molecule has 4 bridgehead atoms. The molecule has 8 heteroatoms. The first kappa shape index (κ1) is 24.4. The number of ether oxygens (including phenoxy) is 2. The molecule has 2 aromatic rings. The summed E-state index contributed by atoms with van der Waals surface area (Å²) in [6.07, 6.45) is 4.29. The monoisotopic (exact) mass is 542 g/mol. The lowest BCUT2D eigenvalue weighted by Gasteiger charge is -2.68. The second-order valence-electron chi connectivity index (χ2n) is 13.0. The zero-order chi connectivity index (χ0) is 27.6. The molecule has 3 fully saturated rings. The fourth-order valence-corrected chi connectivity index (χ4v) is 9.12. The first-order valence-electron chi connectivity index (χ1n) is 14.5. The quantitative estimate of drug-likeness (QED) is 0.452. The van der Waals surface area contributed by atoms with Crippen LogP contribution in [-0.4, -0.2) is 58.5 Å². The number of amides is 1. The van der Waals surface area contributed by atoms with Gasteiger partial charge in [-0.3, -0.25) is 10.2 Å². The van der Waals surface area contributed by atoms with E-state index in [4.69, 9.17) is 14.6 Å². The van der Waals surface area contributed by atoms with Crippen molar-refractivity contribution in [2.24, 2.45) is 17.3 Å². The third kappa shape index (κ3) is 3.15. The number of nitrogens with one attached hydrogen (secondary N) is 1. The molecule has 2 aromatic carbocycles. The highest BCUT2D eigenvalue weighted by Gasteiger charge is 2.74. The van der Waals surface area contributed by atoms with Gasteiger partial charge in [0.1, 0.15) is 6.10 Å². The van der Waals surface area contributed by atoms with Crippen molar-refractivity contribution in [3.05, 3.63) is 64.2 Å². The van der Waals surface area contributed by atoms with Crippen molar-refractivity contribution in [1.82, 2.24) is 4.90 Å². The molecule has 3 N–H and O–H groups in total. The number of likely N-dealkylation sites (tertiary alicyclic amines) is 1. The van der Waals surface area contributed by atoms with Crippen LogP contribution in [0.4, 0.5) is 10.5 Å². The molecule has 1 amide bonds. The summed E-state index contributed by atoms with van der Waals surface area (Å²) in [5.74, 6) is 0.943. The van der Waals surface area contributed by atoms with Crippen LogP contribution in [0.25, 0.3) is 0 Å². The molecule has 6 atom stereocenters. The molecular weight excluding hydrogens is 508 g/mol. The number of hydrogen-bond acceptors (Lipinski definition) is 6. The Morgan fingerprint density at radius 3 is 2.67 bits per heavy atom. The SMILES string of the molecule is CC(O)[C@H]1C2=C3[C@H]4Cc5ccc(OC(=O)Nc6ccc(C(=O)O)cc6)c6c5[C@@]3(CCN4CC3CC3)[C@@H](O6)[C@]1(C)C2. The lowest BCUT2D eigenvalue weighted by Crippen LogP contribution is -2.71. The molecule has 2 saturated carbocycles. The summed E-state index contributed by atoms with van der Waals surface area (Å²) >= 11 is 0. The molecule has 1 spiro atoms. The molecule has 1 unspecified atom stereocenters. The standard InChI is InChI=1S/C32H34N2O6/c1-16(35)24-21-14-31(24,2)29-32-11-12-34(15-17-3-4-17)22(26(21)32)13-19-7-10-23(27(40-29)25(19)32)39-30(38)33-20-8-5-18(6-9-20)28(36)37/h5-10,16-17,22,24,29,35H,3-4,11-15H2,1-2H3,(H,33,38)(H,36,37)/t16?,22-,24+,29+,31-,32-/m1/s1. The van der Waals surface area contributed by atoms with E-state index < -0.39 is 18.2 Å². The number of rotatable bonds is 6. The number of carbonyl (C=O) groups excluding carboxylic acids is 1. The van der Waals surface area contributed by atoms with Crippen molar-refractivity contribution in [3.63, 3.8) is 0 Å². The van der Waals surface area contributed by atoms with Gasteiger partial charge in [0.05, 0.1) is 17.1 Å². The van der Waals surface area contributed by atoms with Gasteiger partial charge in [0.25, 0.3) is 0 Å². The molecule has 7 aliphatic rings. The Hall–Kier alpha value is -3.36. The molecule has 9 rings (SSSR count). The van der Waals surface area contributed by atoms with Gasteiger partial charge in [-0.1, -0.05) is 18.6 Å². The van der Waals surface area contributed by atoms with Crippen LogP contribution in [0.1, 0.15) is 61.0 Å². The Morgan fingerprint density at radius 2 is 1.98 bits per heavy atom. The Balaban J connectivity index is 1.17. The van der Waals surface area contributed by atoms with Gasteiger partial charge in [0.15, 0.2) is 11.5 Å².